The number of imidazole rings is 3. The molecule has 3 amide bonds. The van der Waals surface area contributed by atoms with Crippen LogP contribution in [0.25, 0.3) is 83.3 Å². The Morgan fingerprint density at radius 3 is 1.08 bits per heavy atom. The third-order valence-electron chi connectivity index (χ3n) is 22.5. The van der Waals surface area contributed by atoms with Crippen LogP contribution in [0.15, 0.2) is 118 Å². The van der Waals surface area contributed by atoms with Gasteiger partial charge in [0, 0.05) is 217 Å². The summed E-state index contributed by atoms with van der Waals surface area (Å²) in [5.41, 5.74) is 9.92. The van der Waals surface area contributed by atoms with Crippen molar-refractivity contribution in [2.24, 2.45) is 0 Å². The fourth-order valence-corrected chi connectivity index (χ4v) is 17.8. The number of nitrogens with one attached hydrogen (secondary N) is 3. The zero-order valence-corrected chi connectivity index (χ0v) is 77.3. The summed E-state index contributed by atoms with van der Waals surface area (Å²) in [5.74, 6) is 4.23. The molecule has 12 heterocycles. The van der Waals surface area contributed by atoms with E-state index in [-0.39, 0.29) is 24.3 Å². The Kier molecular flexibility index (Phi) is 31.3. The summed E-state index contributed by atoms with van der Waals surface area (Å²) >= 11 is 41.1. The summed E-state index contributed by atoms with van der Waals surface area (Å²) in [6.45, 7) is 27.6. The molecule has 3 aliphatic rings. The second kappa shape index (κ2) is 42.4. The first-order chi connectivity index (χ1) is 61.3. The van der Waals surface area contributed by atoms with E-state index in [1.54, 1.807) is 80.0 Å². The molecule has 15 rings (SSSR count). The summed E-state index contributed by atoms with van der Waals surface area (Å²) in [5, 5.41) is 24.2. The first-order valence-corrected chi connectivity index (χ1v) is 43.8. The third kappa shape index (κ3) is 21.3. The molecule has 37 heteroatoms. The van der Waals surface area contributed by atoms with Gasteiger partial charge in [-0.1, -0.05) is 89.3 Å². The van der Waals surface area contributed by atoms with Crippen molar-refractivity contribution in [1.82, 2.24) is 82.5 Å². The molecule has 0 aliphatic carbocycles. The van der Waals surface area contributed by atoms with E-state index < -0.39 is 5.60 Å². The molecule has 3 saturated heterocycles. The molecular formula is C90H104Cl6N20O11. The van der Waals surface area contributed by atoms with E-state index in [1.165, 1.54) is 32.4 Å². The van der Waals surface area contributed by atoms with Gasteiger partial charge >= 0.3 is 0 Å². The summed E-state index contributed by atoms with van der Waals surface area (Å²) in [7, 11) is 12.8. The highest BCUT2D eigenvalue weighted by molar-refractivity contribution is 6.43. The Labute approximate surface area is 766 Å². The number of aryl methyl sites for hydroxylation is 3. The number of rotatable bonds is 32. The summed E-state index contributed by atoms with van der Waals surface area (Å²) in [6, 6.07) is 12.9. The number of carbonyl (C=O) groups excluding carboxylic acids is 3. The minimum atomic E-state index is -0.938. The van der Waals surface area contributed by atoms with Crippen molar-refractivity contribution in [2.75, 3.05) is 191 Å². The van der Waals surface area contributed by atoms with Crippen molar-refractivity contribution < 1.29 is 52.6 Å². The Morgan fingerprint density at radius 1 is 0.433 bits per heavy atom. The molecule has 3 fully saturated rings. The van der Waals surface area contributed by atoms with Gasteiger partial charge in [0.2, 0.25) is 29.6 Å². The van der Waals surface area contributed by atoms with Gasteiger partial charge in [-0.25, -0.2) is 29.9 Å². The lowest BCUT2D eigenvalue weighted by Gasteiger charge is -2.34. The number of pyridine rings is 4. The molecule has 0 saturated carbocycles. The van der Waals surface area contributed by atoms with Gasteiger partial charge in [0.15, 0.2) is 11.3 Å². The van der Waals surface area contributed by atoms with Crippen LogP contribution in [0.2, 0.25) is 30.1 Å². The predicted octanol–water partition coefficient (Wildman–Crippen LogP) is 14.5. The molecule has 0 atom stereocenters. The summed E-state index contributed by atoms with van der Waals surface area (Å²) in [6.07, 6.45) is 20.5. The molecular weight excluding hydrogens is 1750 g/mol. The smallest absolute Gasteiger partial charge is 0.246 e. The lowest BCUT2D eigenvalue weighted by atomic mass is 10.0. The Bertz CT molecular complexity index is 5980. The minimum Gasteiger partial charge on any atom is -0.495 e. The number of fused-ring (bicyclic) bond motifs is 9. The Morgan fingerprint density at radius 2 is 0.756 bits per heavy atom. The molecule has 3 aromatic carbocycles. The van der Waals surface area contributed by atoms with Crippen LogP contribution in [0.3, 0.4) is 0 Å². The number of aliphatic hydroxyl groups is 1. The van der Waals surface area contributed by atoms with E-state index in [0.29, 0.717) is 166 Å². The molecule has 0 bridgehead atoms. The topological polar surface area (TPSA) is 308 Å². The van der Waals surface area contributed by atoms with Gasteiger partial charge in [-0.15, -0.1) is 0 Å². The molecule has 127 heavy (non-hydrogen) atoms. The average molecular weight is 1850 g/mol. The number of halogens is 6. The zero-order chi connectivity index (χ0) is 90.5. The van der Waals surface area contributed by atoms with Gasteiger partial charge in [-0.3, -0.25) is 42.3 Å². The number of methoxy groups -OCH3 is 7. The van der Waals surface area contributed by atoms with E-state index in [2.05, 4.69) is 75.9 Å². The maximum atomic E-state index is 11.9. The van der Waals surface area contributed by atoms with Crippen LogP contribution in [-0.4, -0.2) is 286 Å². The minimum absolute atomic E-state index is 0.00197. The lowest BCUT2D eigenvalue weighted by molar-refractivity contribution is -0.128. The third-order valence-corrected chi connectivity index (χ3v) is 24.7. The largest absolute Gasteiger partial charge is 0.495 e. The first kappa shape index (κ1) is 93.8. The molecule has 9 aromatic heterocycles. The van der Waals surface area contributed by atoms with Crippen LogP contribution in [0, 0.1) is 0 Å². The Hall–Kier alpha value is -10.8. The van der Waals surface area contributed by atoms with Crippen molar-refractivity contribution in [3.05, 3.63) is 165 Å². The number of hydrogen-bond donors (Lipinski definition) is 4. The van der Waals surface area contributed by atoms with Gasteiger partial charge in [-0.05, 0) is 108 Å². The van der Waals surface area contributed by atoms with E-state index in [9.17, 15) is 19.5 Å². The van der Waals surface area contributed by atoms with Crippen molar-refractivity contribution in [2.45, 2.75) is 58.0 Å². The van der Waals surface area contributed by atoms with Gasteiger partial charge in [0.1, 0.15) is 57.3 Å². The van der Waals surface area contributed by atoms with E-state index in [4.69, 9.17) is 128 Å². The zero-order valence-electron chi connectivity index (χ0n) is 72.7. The maximum Gasteiger partial charge on any atom is 0.246 e. The molecule has 12 aromatic rings. The number of amides is 3. The number of hydrogen-bond acceptors (Lipinski definition) is 25. The van der Waals surface area contributed by atoms with Crippen molar-refractivity contribution in [3.63, 3.8) is 0 Å². The number of ether oxygens (including phenoxy) is 7. The van der Waals surface area contributed by atoms with E-state index in [1.807, 2.05) is 73.4 Å². The van der Waals surface area contributed by atoms with Crippen LogP contribution < -0.4 is 44.4 Å². The quantitative estimate of drug-likeness (QED) is 0.0225. The van der Waals surface area contributed by atoms with E-state index >= 15 is 0 Å². The average Bonchev–Trinajstić information content (AvgIpc) is 1.60. The Balaban J connectivity index is 0.000000163. The second-order valence-electron chi connectivity index (χ2n) is 31.1. The van der Waals surface area contributed by atoms with Gasteiger partial charge in [0.05, 0.1) is 108 Å². The number of nitrogens with zero attached hydrogens (tertiary/aromatic N) is 17. The fourth-order valence-electron chi connectivity index (χ4n) is 15.7. The monoisotopic (exact) mass is 1850 g/mol. The number of piperazine rings is 3. The van der Waals surface area contributed by atoms with Crippen LogP contribution >= 0.6 is 69.6 Å². The van der Waals surface area contributed by atoms with Crippen molar-refractivity contribution in [3.8, 4) is 67.9 Å². The molecule has 0 unspecified atom stereocenters. The SMILES string of the molecule is C=CC(=O)N1CCN(CCCc2cn3c(n2)c(-c2c(Cl)c(OC)cc(OC)c2Cl)cc2cnc(NC)cc23)CC1.C=CC(=O)N1CCN(CCCc2cn3c(n2)c(-c2c(Cl)c(OC)cc(OC)c2Cl)cc2cnc(NCC(C)(C)O)nc23)CC1.C=CC(=O)N1CCN(CCCc2cn3c(n2)c(-c2c(Cl)c(OC)cc(OC)c2Cl)cc2cnc(NCCOC)nc23)CC1. The highest BCUT2D eigenvalue weighted by Gasteiger charge is 2.30. The number of benzene rings is 3. The number of anilines is 3. The highest BCUT2D eigenvalue weighted by Crippen LogP contribution is 2.51. The summed E-state index contributed by atoms with van der Waals surface area (Å²) < 4.78 is 44.3. The lowest BCUT2D eigenvalue weighted by Crippen LogP contribution is -2.48. The molecule has 672 valence electrons. The van der Waals surface area contributed by atoms with Crippen LogP contribution in [0.5, 0.6) is 34.5 Å². The maximum absolute atomic E-state index is 11.9. The summed E-state index contributed by atoms with van der Waals surface area (Å²) in [4.78, 5) is 86.5. The number of aromatic nitrogens is 11. The van der Waals surface area contributed by atoms with Gasteiger partial charge in [-0.2, -0.15) is 9.97 Å². The molecule has 3 aliphatic heterocycles. The standard InChI is InChI=1S/C31H37Cl2N7O4.C30H35Cl2N7O4.C29H32Cl2N6O3/c1-6-24(41)39-12-10-38(11-13-39)9-7-8-20-17-40-28-19(16-34-30(37-28)35-18-31(2,3)42)14-21(29(40)36-20)25-26(32)22(43-4)15-23(44-5)27(25)33;1-5-24(40)38-12-10-37(11-13-38)9-6-7-20-18-39-28-19(17-34-30(36-28)33-8-14-41-2)15-21(29(39)35-20)25-26(31)22(42-3)16-23(43-4)27(25)32;1-5-25(38)36-11-9-35(10-12-36)8-6-7-19-17-37-21-14-24(32-2)33-16-18(21)13-20(29(37)34-19)26-27(30)22(39-3)15-23(40-4)28(26)31/h6,14-17,42H,1,7-13,18H2,2-5H3,(H,34,35,37);5,15-18H,1,6-14H2,2-4H3,(H,33,34,36);5,13-17H,1,6-12H2,2-4H3,(H,32,33). The second-order valence-corrected chi connectivity index (χ2v) is 33.4. The number of carbonyl (C=O) groups is 3. The van der Waals surface area contributed by atoms with Gasteiger partial charge < -0.3 is 68.9 Å². The van der Waals surface area contributed by atoms with Crippen molar-refractivity contribution in [1.29, 1.82) is 0 Å². The predicted molar refractivity (Wildman–Crippen MR) is 502 cm³/mol. The van der Waals surface area contributed by atoms with Crippen LogP contribution in [0.4, 0.5) is 17.7 Å². The van der Waals surface area contributed by atoms with Gasteiger partial charge in [0.25, 0.3) is 0 Å². The molecule has 0 radical (unpaired) electrons. The van der Waals surface area contributed by atoms with Crippen LogP contribution in [0.1, 0.15) is 50.2 Å². The van der Waals surface area contributed by atoms with E-state index in [0.717, 1.165) is 166 Å². The van der Waals surface area contributed by atoms with Crippen LogP contribution in [-0.2, 0) is 38.4 Å². The fraction of sp³-hybridized carbons (Fsp3) is 0.389. The molecule has 0 spiro atoms. The highest BCUT2D eigenvalue weighted by atomic mass is 35.5. The van der Waals surface area contributed by atoms with Crippen molar-refractivity contribution >= 4 is 155 Å². The first-order valence-electron chi connectivity index (χ1n) is 41.5. The normalized spacial score (nSPS) is 14.1. The molecule has 31 nitrogen and oxygen atoms in total. The molecule has 4 N–H and O–H groups in total.